The molecule has 32 heavy (non-hydrogen) atoms. The summed E-state index contributed by atoms with van der Waals surface area (Å²) >= 11 is 2.20. The van der Waals surface area contributed by atoms with Gasteiger partial charge in [0.2, 0.25) is 0 Å². The zero-order chi connectivity index (χ0) is 23.1. The minimum absolute atomic E-state index is 0.00350. The molecule has 0 unspecified atom stereocenters. The maximum Gasteiger partial charge on any atom is 0.279 e. The van der Waals surface area contributed by atoms with Gasteiger partial charge in [-0.2, -0.15) is 0 Å². The number of thioether (sulfide) groups is 2. The minimum Gasteiger partial charge on any atom is -0.507 e. The molecule has 1 fully saturated rings. The molecule has 3 rings (SSSR count). The Balaban J connectivity index is 1.77. The summed E-state index contributed by atoms with van der Waals surface area (Å²) in [4.78, 5) is 27.3. The summed E-state index contributed by atoms with van der Waals surface area (Å²) < 4.78 is 21.2. The van der Waals surface area contributed by atoms with Crippen molar-refractivity contribution in [2.24, 2.45) is 0 Å². The Morgan fingerprint density at radius 1 is 0.750 bits per heavy atom. The van der Waals surface area contributed by atoms with E-state index in [2.05, 4.69) is 0 Å². The average Bonchev–Trinajstić information content (AvgIpc) is 3.31. The minimum atomic E-state index is -0.455. The summed E-state index contributed by atoms with van der Waals surface area (Å²) in [6.45, 7) is 2.43. The number of hydrogen-bond donors (Lipinski definition) is 2. The van der Waals surface area contributed by atoms with Crippen molar-refractivity contribution in [3.63, 3.8) is 0 Å². The van der Waals surface area contributed by atoms with Gasteiger partial charge in [0.15, 0.2) is 0 Å². The number of fused-ring (bicyclic) bond motifs is 1. The summed E-state index contributed by atoms with van der Waals surface area (Å²) in [5.41, 5.74) is 0.00350. The molecule has 12 heteroatoms. The maximum atomic E-state index is 13.2. The molecule has 2 amide bonds. The van der Waals surface area contributed by atoms with Crippen molar-refractivity contribution in [1.29, 1.82) is 0 Å². The van der Waals surface area contributed by atoms with E-state index in [1.807, 2.05) is 0 Å². The Hall–Kier alpha value is -1.96. The Morgan fingerprint density at radius 2 is 1.19 bits per heavy atom. The molecule has 1 saturated heterocycles. The van der Waals surface area contributed by atoms with Crippen LogP contribution in [0, 0.1) is 0 Å². The van der Waals surface area contributed by atoms with Crippen LogP contribution in [0.1, 0.15) is 0 Å². The van der Waals surface area contributed by atoms with Gasteiger partial charge in [0.1, 0.15) is 17.1 Å². The summed E-state index contributed by atoms with van der Waals surface area (Å²) in [5.74, 6) is -0.945. The number of rotatable bonds is 12. The van der Waals surface area contributed by atoms with Crippen molar-refractivity contribution in [1.82, 2.24) is 10.0 Å². The van der Waals surface area contributed by atoms with Crippen LogP contribution >= 0.6 is 23.5 Å². The Bertz CT molecular complexity index is 812. The van der Waals surface area contributed by atoms with E-state index in [9.17, 15) is 19.8 Å². The van der Waals surface area contributed by atoms with E-state index in [0.29, 0.717) is 40.5 Å². The van der Waals surface area contributed by atoms with E-state index in [-0.39, 0.29) is 43.4 Å². The first-order valence-corrected chi connectivity index (χ1v) is 11.5. The Labute approximate surface area is 194 Å². The van der Waals surface area contributed by atoms with Gasteiger partial charge in [0, 0.05) is 14.2 Å². The maximum absolute atomic E-state index is 13.2. The van der Waals surface area contributed by atoms with Gasteiger partial charge in [-0.05, 0) is 12.1 Å². The van der Waals surface area contributed by atoms with E-state index in [4.69, 9.17) is 18.9 Å². The quantitative estimate of drug-likeness (QED) is 0.194. The molecule has 0 aliphatic carbocycles. The molecule has 0 atom stereocenters. The lowest BCUT2D eigenvalue weighted by molar-refractivity contribution is -0.150. The molecule has 1 aromatic carbocycles. The number of aromatic hydroxyl groups is 2. The highest BCUT2D eigenvalue weighted by Crippen LogP contribution is 2.58. The van der Waals surface area contributed by atoms with Crippen LogP contribution in [0.2, 0.25) is 0 Å². The number of hydrazine groups is 1. The van der Waals surface area contributed by atoms with E-state index >= 15 is 0 Å². The van der Waals surface area contributed by atoms with Gasteiger partial charge in [0.25, 0.3) is 11.8 Å². The van der Waals surface area contributed by atoms with Crippen molar-refractivity contribution in [3.8, 4) is 11.5 Å². The van der Waals surface area contributed by atoms with Gasteiger partial charge in [-0.25, -0.2) is 10.0 Å². The van der Waals surface area contributed by atoms with Crippen LogP contribution < -0.4 is 0 Å². The van der Waals surface area contributed by atoms with Crippen LogP contribution in [0.3, 0.4) is 0 Å². The molecule has 0 radical (unpaired) electrons. The van der Waals surface area contributed by atoms with Gasteiger partial charge >= 0.3 is 0 Å². The van der Waals surface area contributed by atoms with Crippen LogP contribution in [0.4, 0.5) is 0 Å². The van der Waals surface area contributed by atoms with Gasteiger partial charge in [-0.15, -0.1) is 0 Å². The second-order valence-electron chi connectivity index (χ2n) is 6.70. The standard InChI is InChI=1S/C20H26N2O8S2/c1-27-9-11-29-7-5-21-18(25)15(19(26)22(21)6-8-30-12-10-28-2)20-31-16-13(23)3-4-14(24)17(16)32-20/h3-4,23-24H,5-12H2,1-2H3. The van der Waals surface area contributed by atoms with Crippen molar-refractivity contribution in [3.05, 3.63) is 21.9 Å². The van der Waals surface area contributed by atoms with Crippen molar-refractivity contribution >= 4 is 35.3 Å². The lowest BCUT2D eigenvalue weighted by atomic mass is 10.3. The number of phenolic OH excluding ortho intramolecular Hbond substituents is 2. The van der Waals surface area contributed by atoms with Gasteiger partial charge in [-0.3, -0.25) is 9.59 Å². The molecular formula is C20H26N2O8S2. The molecular weight excluding hydrogens is 460 g/mol. The molecule has 0 saturated carbocycles. The van der Waals surface area contributed by atoms with Crippen molar-refractivity contribution in [2.45, 2.75) is 9.79 Å². The number of methoxy groups -OCH3 is 2. The van der Waals surface area contributed by atoms with Crippen LogP contribution in [-0.2, 0) is 28.5 Å². The molecule has 1 aromatic rings. The van der Waals surface area contributed by atoms with Crippen molar-refractivity contribution < 1.29 is 38.7 Å². The molecule has 176 valence electrons. The first kappa shape index (κ1) is 24.7. The summed E-state index contributed by atoms with van der Waals surface area (Å²) in [6, 6.07) is 2.75. The summed E-state index contributed by atoms with van der Waals surface area (Å²) in [6.07, 6.45) is 0. The Kier molecular flexibility index (Phi) is 9.08. The second kappa shape index (κ2) is 11.8. The summed E-state index contributed by atoms with van der Waals surface area (Å²) in [5, 5.41) is 22.9. The largest absolute Gasteiger partial charge is 0.507 e. The zero-order valence-corrected chi connectivity index (χ0v) is 19.5. The number of phenols is 2. The predicted molar refractivity (Wildman–Crippen MR) is 117 cm³/mol. The van der Waals surface area contributed by atoms with Gasteiger partial charge in [0.05, 0.1) is 66.8 Å². The SMILES string of the molecule is COCCOCCN1C(=O)C(=C2Sc3c(O)ccc(O)c3S2)C(=O)N1CCOCCOC. The highest BCUT2D eigenvalue weighted by atomic mass is 32.2. The molecule has 2 heterocycles. The molecule has 2 aliphatic heterocycles. The van der Waals surface area contributed by atoms with E-state index in [0.717, 1.165) is 23.5 Å². The van der Waals surface area contributed by atoms with Gasteiger partial charge in [-0.1, -0.05) is 23.5 Å². The van der Waals surface area contributed by atoms with Crippen LogP contribution in [0.15, 0.2) is 31.7 Å². The fourth-order valence-corrected chi connectivity index (χ4v) is 5.61. The number of ether oxygens (including phenoxy) is 4. The first-order chi connectivity index (χ1) is 15.5. The zero-order valence-electron chi connectivity index (χ0n) is 17.9. The van der Waals surface area contributed by atoms with E-state index < -0.39 is 11.8 Å². The monoisotopic (exact) mass is 486 g/mol. The number of benzene rings is 1. The fraction of sp³-hybridized carbons (Fsp3) is 0.500. The van der Waals surface area contributed by atoms with E-state index in [1.165, 1.54) is 22.2 Å². The fourth-order valence-electron chi connectivity index (χ4n) is 3.03. The van der Waals surface area contributed by atoms with Crippen LogP contribution in [-0.4, -0.2) is 99.0 Å². The van der Waals surface area contributed by atoms with E-state index in [1.54, 1.807) is 14.2 Å². The summed E-state index contributed by atoms with van der Waals surface area (Å²) in [7, 11) is 3.14. The number of carbonyl (C=O) groups is 2. The topological polar surface area (TPSA) is 118 Å². The highest BCUT2D eigenvalue weighted by molar-refractivity contribution is 8.25. The molecule has 2 aliphatic rings. The third-order valence-electron chi connectivity index (χ3n) is 4.61. The number of nitrogens with zero attached hydrogens (tertiary/aromatic N) is 2. The van der Waals surface area contributed by atoms with Gasteiger partial charge < -0.3 is 29.2 Å². The molecule has 2 N–H and O–H groups in total. The number of amides is 2. The second-order valence-corrected chi connectivity index (χ2v) is 9.00. The Morgan fingerprint density at radius 3 is 1.59 bits per heavy atom. The molecule has 0 aromatic heterocycles. The lowest BCUT2D eigenvalue weighted by Crippen LogP contribution is -2.44. The third kappa shape index (κ3) is 5.50. The lowest BCUT2D eigenvalue weighted by Gasteiger charge is -2.27. The highest BCUT2D eigenvalue weighted by Gasteiger charge is 2.44. The number of carbonyl (C=O) groups excluding carboxylic acids is 2. The predicted octanol–water partition coefficient (Wildman–Crippen LogP) is 1.42. The van der Waals surface area contributed by atoms with Crippen LogP contribution in [0.25, 0.3) is 0 Å². The molecule has 0 spiro atoms. The third-order valence-corrected chi connectivity index (χ3v) is 7.25. The first-order valence-electron chi connectivity index (χ1n) is 9.91. The average molecular weight is 487 g/mol. The molecule has 0 bridgehead atoms. The number of hydrogen-bond acceptors (Lipinski definition) is 10. The molecule has 10 nitrogen and oxygen atoms in total. The van der Waals surface area contributed by atoms with Crippen molar-refractivity contribution in [2.75, 3.05) is 67.0 Å². The van der Waals surface area contributed by atoms with Crippen LogP contribution in [0.5, 0.6) is 11.5 Å². The smallest absolute Gasteiger partial charge is 0.279 e. The normalized spacial score (nSPS) is 15.9.